The molecule has 1 saturated heterocycles. The molecule has 1 atom stereocenters. The smallest absolute Gasteiger partial charge is 0.222 e. The maximum absolute atomic E-state index is 12.5. The van der Waals surface area contributed by atoms with E-state index < -0.39 is 0 Å². The summed E-state index contributed by atoms with van der Waals surface area (Å²) in [5.74, 6) is 0.890. The van der Waals surface area contributed by atoms with E-state index in [-0.39, 0.29) is 5.91 Å². The summed E-state index contributed by atoms with van der Waals surface area (Å²) < 4.78 is 0. The lowest BCUT2D eigenvalue weighted by Gasteiger charge is -2.35. The van der Waals surface area contributed by atoms with Crippen molar-refractivity contribution >= 4 is 5.91 Å². The summed E-state index contributed by atoms with van der Waals surface area (Å²) in [6.45, 7) is 6.53. The van der Waals surface area contributed by atoms with E-state index in [1.165, 1.54) is 36.1 Å². The van der Waals surface area contributed by atoms with Gasteiger partial charge < -0.3 is 9.80 Å². The van der Waals surface area contributed by atoms with Gasteiger partial charge in [-0.05, 0) is 68.2 Å². The first kappa shape index (κ1) is 21.6. The van der Waals surface area contributed by atoms with Crippen molar-refractivity contribution in [3.8, 4) is 0 Å². The summed E-state index contributed by atoms with van der Waals surface area (Å²) in [5, 5.41) is 0. The first-order chi connectivity index (χ1) is 14.1. The summed E-state index contributed by atoms with van der Waals surface area (Å²) in [6.07, 6.45) is 6.16. The minimum absolute atomic E-state index is 0.290. The highest BCUT2D eigenvalue weighted by Gasteiger charge is 2.22. The van der Waals surface area contributed by atoms with Gasteiger partial charge in [-0.1, -0.05) is 54.6 Å². The second-order valence-electron chi connectivity index (χ2n) is 8.60. The third-order valence-electron chi connectivity index (χ3n) is 6.22. The number of hydrogen-bond donors (Lipinski definition) is 0. The number of amides is 1. The first-order valence-electron chi connectivity index (χ1n) is 11.2. The summed E-state index contributed by atoms with van der Waals surface area (Å²) in [6, 6.07) is 19.2. The Morgan fingerprint density at radius 2 is 1.83 bits per heavy atom. The molecule has 1 heterocycles. The number of rotatable bonds is 9. The average Bonchev–Trinajstić information content (AvgIpc) is 2.74. The largest absolute Gasteiger partial charge is 0.345 e. The molecule has 0 radical (unpaired) electrons. The number of carbonyl (C=O) groups excluding carboxylic acids is 1. The highest BCUT2D eigenvalue weighted by Crippen LogP contribution is 2.19. The normalized spacial score (nSPS) is 17.2. The highest BCUT2D eigenvalue weighted by atomic mass is 16.2. The lowest BCUT2D eigenvalue weighted by atomic mass is 9.96. The minimum Gasteiger partial charge on any atom is -0.345 e. The van der Waals surface area contributed by atoms with Crippen molar-refractivity contribution < 1.29 is 4.79 Å². The van der Waals surface area contributed by atoms with Crippen LogP contribution in [0.3, 0.4) is 0 Å². The van der Waals surface area contributed by atoms with Crippen LogP contribution in [0.1, 0.15) is 42.4 Å². The summed E-state index contributed by atoms with van der Waals surface area (Å²) >= 11 is 0. The fourth-order valence-electron chi connectivity index (χ4n) is 4.44. The van der Waals surface area contributed by atoms with E-state index in [1.807, 2.05) is 18.0 Å². The Morgan fingerprint density at radius 1 is 1.07 bits per heavy atom. The van der Waals surface area contributed by atoms with Crippen molar-refractivity contribution in [1.29, 1.82) is 0 Å². The molecule has 2 aromatic rings. The van der Waals surface area contributed by atoms with Crippen molar-refractivity contribution in [2.75, 3.05) is 33.2 Å². The van der Waals surface area contributed by atoms with Crippen molar-refractivity contribution in [1.82, 2.24) is 9.80 Å². The molecule has 3 heteroatoms. The molecular weight excluding hydrogens is 356 g/mol. The topological polar surface area (TPSA) is 23.6 Å². The summed E-state index contributed by atoms with van der Waals surface area (Å²) in [5.41, 5.74) is 4.17. The maximum atomic E-state index is 12.5. The molecule has 1 aliphatic rings. The number of aryl methyl sites for hydroxylation is 2. The van der Waals surface area contributed by atoms with Crippen molar-refractivity contribution in [2.45, 2.75) is 45.4 Å². The van der Waals surface area contributed by atoms with Crippen LogP contribution in [-0.2, 0) is 17.6 Å². The van der Waals surface area contributed by atoms with Crippen LogP contribution in [0.25, 0.3) is 0 Å². The molecule has 1 amide bonds. The number of hydrogen-bond acceptors (Lipinski definition) is 2. The zero-order chi connectivity index (χ0) is 20.5. The van der Waals surface area contributed by atoms with E-state index in [4.69, 9.17) is 0 Å². The Labute approximate surface area is 176 Å². The van der Waals surface area contributed by atoms with E-state index in [2.05, 4.69) is 60.4 Å². The van der Waals surface area contributed by atoms with Crippen LogP contribution in [0.2, 0.25) is 0 Å². The van der Waals surface area contributed by atoms with Gasteiger partial charge in [0.05, 0.1) is 0 Å². The zero-order valence-electron chi connectivity index (χ0n) is 18.1. The molecule has 156 valence electrons. The molecule has 29 heavy (non-hydrogen) atoms. The Bertz CT molecular complexity index is 758. The van der Waals surface area contributed by atoms with Gasteiger partial charge >= 0.3 is 0 Å². The van der Waals surface area contributed by atoms with Gasteiger partial charge in [0.25, 0.3) is 0 Å². The molecule has 0 spiro atoms. The molecule has 0 N–H and O–H groups in total. The van der Waals surface area contributed by atoms with Crippen LogP contribution in [-0.4, -0.2) is 48.9 Å². The number of nitrogens with zero attached hydrogens (tertiary/aromatic N) is 2. The van der Waals surface area contributed by atoms with Crippen molar-refractivity contribution in [3.63, 3.8) is 0 Å². The first-order valence-corrected chi connectivity index (χ1v) is 11.2. The predicted octanol–water partition coefficient (Wildman–Crippen LogP) is 4.73. The van der Waals surface area contributed by atoms with Crippen LogP contribution in [0.4, 0.5) is 0 Å². The second-order valence-corrected chi connectivity index (χ2v) is 8.60. The quantitative estimate of drug-likeness (QED) is 0.616. The average molecular weight is 393 g/mol. The van der Waals surface area contributed by atoms with Crippen LogP contribution in [0, 0.1) is 12.8 Å². The fraction of sp³-hybridized carbons (Fsp3) is 0.500. The Balaban J connectivity index is 1.38. The second kappa shape index (κ2) is 11.2. The molecule has 0 aromatic heterocycles. The maximum Gasteiger partial charge on any atom is 0.222 e. The van der Waals surface area contributed by atoms with Crippen LogP contribution < -0.4 is 0 Å². The Morgan fingerprint density at radius 3 is 2.62 bits per heavy atom. The van der Waals surface area contributed by atoms with Gasteiger partial charge in [0.15, 0.2) is 0 Å². The Hall–Kier alpha value is -2.13. The summed E-state index contributed by atoms with van der Waals surface area (Å²) in [4.78, 5) is 17.1. The van der Waals surface area contributed by atoms with E-state index in [9.17, 15) is 4.79 Å². The van der Waals surface area contributed by atoms with Gasteiger partial charge in [-0.2, -0.15) is 0 Å². The Kier molecular flexibility index (Phi) is 8.30. The molecule has 2 aromatic carbocycles. The van der Waals surface area contributed by atoms with Gasteiger partial charge in [-0.15, -0.1) is 0 Å². The third-order valence-corrected chi connectivity index (χ3v) is 6.22. The zero-order valence-corrected chi connectivity index (χ0v) is 18.1. The number of benzene rings is 2. The van der Waals surface area contributed by atoms with Crippen molar-refractivity contribution in [3.05, 3.63) is 71.3 Å². The molecule has 3 rings (SSSR count). The molecule has 0 aliphatic carbocycles. The lowest BCUT2D eigenvalue weighted by molar-refractivity contribution is -0.130. The SMILES string of the molecule is Cc1ccccc1CCN1CCCC(CN(C)C(=O)CCCc2ccccc2)C1. The van der Waals surface area contributed by atoms with Crippen LogP contribution >= 0.6 is 0 Å². The third kappa shape index (κ3) is 7.01. The number of piperidine rings is 1. The van der Waals surface area contributed by atoms with Gasteiger partial charge in [-0.3, -0.25) is 4.79 Å². The van der Waals surface area contributed by atoms with E-state index >= 15 is 0 Å². The van der Waals surface area contributed by atoms with Gasteiger partial charge in [0.1, 0.15) is 0 Å². The van der Waals surface area contributed by atoms with E-state index in [1.54, 1.807) is 0 Å². The molecular formula is C26H36N2O. The van der Waals surface area contributed by atoms with Gasteiger partial charge in [-0.25, -0.2) is 0 Å². The number of likely N-dealkylation sites (tertiary alicyclic amines) is 1. The standard InChI is InChI=1S/C26H36N2O/c1-22-10-6-7-15-25(22)17-19-28-18-9-14-24(21-28)20-27(2)26(29)16-8-13-23-11-4-3-5-12-23/h3-7,10-12,15,24H,8-9,13-14,16-21H2,1-2H3. The highest BCUT2D eigenvalue weighted by molar-refractivity contribution is 5.75. The number of carbonyl (C=O) groups is 1. The van der Waals surface area contributed by atoms with E-state index in [0.717, 1.165) is 38.9 Å². The van der Waals surface area contributed by atoms with E-state index in [0.29, 0.717) is 12.3 Å². The predicted molar refractivity (Wildman–Crippen MR) is 121 cm³/mol. The molecule has 1 aliphatic heterocycles. The van der Waals surface area contributed by atoms with Crippen LogP contribution in [0.15, 0.2) is 54.6 Å². The monoisotopic (exact) mass is 392 g/mol. The molecule has 3 nitrogen and oxygen atoms in total. The lowest BCUT2D eigenvalue weighted by Crippen LogP contribution is -2.42. The van der Waals surface area contributed by atoms with Gasteiger partial charge in [0.2, 0.25) is 5.91 Å². The van der Waals surface area contributed by atoms with Gasteiger partial charge in [0, 0.05) is 33.1 Å². The summed E-state index contributed by atoms with van der Waals surface area (Å²) in [7, 11) is 1.98. The molecule has 1 fully saturated rings. The van der Waals surface area contributed by atoms with Crippen molar-refractivity contribution in [2.24, 2.45) is 5.92 Å². The minimum atomic E-state index is 0.290. The van der Waals surface area contributed by atoms with Crippen LogP contribution in [0.5, 0.6) is 0 Å². The molecule has 1 unspecified atom stereocenters. The molecule has 0 saturated carbocycles. The molecule has 0 bridgehead atoms. The fourth-order valence-corrected chi connectivity index (χ4v) is 4.44.